The third kappa shape index (κ3) is 2.29. The van der Waals surface area contributed by atoms with Gasteiger partial charge in [0.15, 0.2) is 0 Å². The van der Waals surface area contributed by atoms with Crippen LogP contribution in [0, 0.1) is 12.8 Å². The molecule has 1 heterocycles. The van der Waals surface area contributed by atoms with Gasteiger partial charge in [-0.3, -0.25) is 0 Å². The first-order valence-electron chi connectivity index (χ1n) is 4.70. The van der Waals surface area contributed by atoms with E-state index in [1.807, 2.05) is 24.8 Å². The maximum atomic E-state index is 5.99. The molecule has 0 aliphatic heterocycles. The fourth-order valence-corrected chi connectivity index (χ4v) is 2.42. The summed E-state index contributed by atoms with van der Waals surface area (Å²) in [7, 11) is 0. The van der Waals surface area contributed by atoms with Crippen LogP contribution in [-0.2, 0) is 0 Å². The van der Waals surface area contributed by atoms with Crippen LogP contribution in [0.5, 0.6) is 0 Å². The second-order valence-corrected chi connectivity index (χ2v) is 4.72. The largest absolute Gasteiger partial charge is 0.468 e. The predicted octanol–water partition coefficient (Wildman–Crippen LogP) is 2.42. The van der Waals surface area contributed by atoms with Crippen LogP contribution >= 0.6 is 11.8 Å². The molecule has 1 aliphatic carbocycles. The summed E-state index contributed by atoms with van der Waals surface area (Å²) < 4.78 is 5.21. The van der Waals surface area contributed by atoms with E-state index in [4.69, 9.17) is 10.2 Å². The topological polar surface area (TPSA) is 39.2 Å². The molecular weight excluding hydrogens is 182 g/mol. The van der Waals surface area contributed by atoms with Gasteiger partial charge >= 0.3 is 0 Å². The van der Waals surface area contributed by atoms with Crippen molar-refractivity contribution in [2.24, 2.45) is 11.7 Å². The predicted molar refractivity (Wildman–Crippen MR) is 54.9 cm³/mol. The van der Waals surface area contributed by atoms with Gasteiger partial charge in [-0.2, -0.15) is 0 Å². The van der Waals surface area contributed by atoms with Crippen LogP contribution in [0.1, 0.15) is 18.6 Å². The third-order valence-corrected chi connectivity index (χ3v) is 3.76. The van der Waals surface area contributed by atoms with Crippen molar-refractivity contribution in [2.45, 2.75) is 30.7 Å². The molecule has 1 aliphatic rings. The molecule has 3 heteroatoms. The van der Waals surface area contributed by atoms with Gasteiger partial charge < -0.3 is 10.2 Å². The maximum absolute atomic E-state index is 5.99. The van der Waals surface area contributed by atoms with Crippen molar-refractivity contribution < 1.29 is 4.42 Å². The normalized spacial score (nSPS) is 18.9. The highest BCUT2D eigenvalue weighted by Gasteiger charge is 2.28. The summed E-state index contributed by atoms with van der Waals surface area (Å²) >= 11 is 1.81. The van der Waals surface area contributed by atoms with Gasteiger partial charge in [0.05, 0.1) is 6.26 Å². The number of hydrogen-bond acceptors (Lipinski definition) is 3. The smallest absolute Gasteiger partial charge is 0.114 e. The van der Waals surface area contributed by atoms with E-state index in [9.17, 15) is 0 Å². The van der Waals surface area contributed by atoms with E-state index in [0.717, 1.165) is 17.4 Å². The lowest BCUT2D eigenvalue weighted by Crippen LogP contribution is -2.24. The Kier molecular flexibility index (Phi) is 2.65. The average molecular weight is 197 g/mol. The first-order chi connectivity index (χ1) is 6.27. The minimum absolute atomic E-state index is 0.374. The van der Waals surface area contributed by atoms with Gasteiger partial charge in [0.2, 0.25) is 0 Å². The summed E-state index contributed by atoms with van der Waals surface area (Å²) in [5.74, 6) is 2.82. The van der Waals surface area contributed by atoms with E-state index in [-0.39, 0.29) is 0 Å². The van der Waals surface area contributed by atoms with Gasteiger partial charge in [-0.15, -0.1) is 11.8 Å². The van der Waals surface area contributed by atoms with Gasteiger partial charge in [-0.25, -0.2) is 0 Å². The fourth-order valence-electron chi connectivity index (χ4n) is 1.37. The summed E-state index contributed by atoms with van der Waals surface area (Å²) in [6.45, 7) is 1.99. The minimum atomic E-state index is 0.374. The van der Waals surface area contributed by atoms with E-state index >= 15 is 0 Å². The Morgan fingerprint density at radius 1 is 1.69 bits per heavy atom. The van der Waals surface area contributed by atoms with Crippen molar-refractivity contribution in [3.8, 4) is 0 Å². The SMILES string of the molecule is Cc1occc1SCC(N)C1CC1. The van der Waals surface area contributed by atoms with Crippen molar-refractivity contribution in [3.05, 3.63) is 18.1 Å². The molecular formula is C10H15NOS. The van der Waals surface area contributed by atoms with Crippen LogP contribution in [0.15, 0.2) is 21.6 Å². The first-order valence-corrected chi connectivity index (χ1v) is 5.68. The summed E-state index contributed by atoms with van der Waals surface area (Å²) in [4.78, 5) is 1.23. The zero-order valence-electron chi connectivity index (χ0n) is 7.82. The minimum Gasteiger partial charge on any atom is -0.468 e. The van der Waals surface area contributed by atoms with Crippen molar-refractivity contribution >= 4 is 11.8 Å². The summed E-state index contributed by atoms with van der Waals surface area (Å²) in [6, 6.07) is 2.39. The molecule has 0 spiro atoms. The highest BCUT2D eigenvalue weighted by atomic mass is 32.2. The summed E-state index contributed by atoms with van der Waals surface area (Å²) in [5, 5.41) is 0. The Morgan fingerprint density at radius 3 is 3.00 bits per heavy atom. The molecule has 72 valence electrons. The molecule has 0 amide bonds. The Morgan fingerprint density at radius 2 is 2.46 bits per heavy atom. The summed E-state index contributed by atoms with van der Waals surface area (Å²) in [6.07, 6.45) is 4.39. The van der Waals surface area contributed by atoms with Gasteiger partial charge in [-0.05, 0) is 31.7 Å². The van der Waals surface area contributed by atoms with E-state index in [1.54, 1.807) is 6.26 Å². The lowest BCUT2D eigenvalue weighted by Gasteiger charge is -2.08. The van der Waals surface area contributed by atoms with E-state index in [0.29, 0.717) is 6.04 Å². The molecule has 0 radical (unpaired) electrons. The molecule has 1 atom stereocenters. The Labute approximate surface area is 82.9 Å². The highest BCUT2D eigenvalue weighted by Crippen LogP contribution is 2.34. The van der Waals surface area contributed by atoms with Crippen LogP contribution in [0.2, 0.25) is 0 Å². The third-order valence-electron chi connectivity index (χ3n) is 2.47. The van der Waals surface area contributed by atoms with Gasteiger partial charge in [0, 0.05) is 16.7 Å². The molecule has 1 unspecified atom stereocenters. The quantitative estimate of drug-likeness (QED) is 0.753. The van der Waals surface area contributed by atoms with Gasteiger partial charge in [0.25, 0.3) is 0 Å². The van der Waals surface area contributed by atoms with Crippen LogP contribution in [0.25, 0.3) is 0 Å². The monoisotopic (exact) mass is 197 g/mol. The maximum Gasteiger partial charge on any atom is 0.114 e. The molecule has 13 heavy (non-hydrogen) atoms. The molecule has 0 bridgehead atoms. The molecule has 2 nitrogen and oxygen atoms in total. The Hall–Kier alpha value is -0.410. The number of nitrogens with two attached hydrogens (primary N) is 1. The Bertz CT molecular complexity index is 280. The lowest BCUT2D eigenvalue weighted by molar-refractivity contribution is 0.526. The molecule has 2 N–H and O–H groups in total. The van der Waals surface area contributed by atoms with Crippen LogP contribution in [0.3, 0.4) is 0 Å². The first kappa shape index (κ1) is 9.16. The van der Waals surface area contributed by atoms with Crippen molar-refractivity contribution in [2.75, 3.05) is 5.75 Å². The molecule has 1 aromatic heterocycles. The van der Waals surface area contributed by atoms with Crippen molar-refractivity contribution in [3.63, 3.8) is 0 Å². The molecule has 0 saturated heterocycles. The number of rotatable bonds is 4. The second kappa shape index (κ2) is 3.76. The van der Waals surface area contributed by atoms with Gasteiger partial charge in [-0.1, -0.05) is 0 Å². The molecule has 1 saturated carbocycles. The molecule has 1 aromatic rings. The van der Waals surface area contributed by atoms with Crippen molar-refractivity contribution in [1.82, 2.24) is 0 Å². The molecule has 1 fully saturated rings. The number of aryl methyl sites for hydroxylation is 1. The average Bonchev–Trinajstić information content (AvgIpc) is 2.88. The standard InChI is InChI=1S/C10H15NOS/c1-7-10(4-5-12-7)13-6-9(11)8-2-3-8/h4-5,8-9H,2-3,6,11H2,1H3. The molecule has 0 aromatic carbocycles. The number of hydrogen-bond donors (Lipinski definition) is 1. The summed E-state index contributed by atoms with van der Waals surface area (Å²) in [5.41, 5.74) is 5.99. The van der Waals surface area contributed by atoms with E-state index < -0.39 is 0 Å². The lowest BCUT2D eigenvalue weighted by atomic mass is 10.2. The zero-order chi connectivity index (χ0) is 9.26. The number of furan rings is 1. The van der Waals surface area contributed by atoms with E-state index in [1.165, 1.54) is 17.7 Å². The highest BCUT2D eigenvalue weighted by molar-refractivity contribution is 7.99. The van der Waals surface area contributed by atoms with Crippen LogP contribution in [-0.4, -0.2) is 11.8 Å². The Balaban J connectivity index is 1.81. The number of thioether (sulfide) groups is 1. The molecule has 2 rings (SSSR count). The van der Waals surface area contributed by atoms with Crippen LogP contribution in [0.4, 0.5) is 0 Å². The van der Waals surface area contributed by atoms with E-state index in [2.05, 4.69) is 0 Å². The second-order valence-electron chi connectivity index (χ2n) is 3.65. The van der Waals surface area contributed by atoms with Crippen molar-refractivity contribution in [1.29, 1.82) is 0 Å². The van der Waals surface area contributed by atoms with Crippen LogP contribution < -0.4 is 5.73 Å². The fraction of sp³-hybridized carbons (Fsp3) is 0.600. The zero-order valence-corrected chi connectivity index (χ0v) is 8.64. The van der Waals surface area contributed by atoms with Gasteiger partial charge in [0.1, 0.15) is 5.76 Å².